The second-order valence-corrected chi connectivity index (χ2v) is 13.0. The van der Waals surface area contributed by atoms with E-state index in [0.717, 1.165) is 32.1 Å². The number of unbranched alkanes of at least 4 members (excludes halogenated alkanes) is 6. The zero-order valence-electron chi connectivity index (χ0n) is 25.7. The molecule has 1 aliphatic rings. The first-order valence-electron chi connectivity index (χ1n) is 15.9. The van der Waals surface area contributed by atoms with Crippen molar-refractivity contribution >= 4 is 0 Å². The summed E-state index contributed by atoms with van der Waals surface area (Å²) in [6, 6.07) is 0. The van der Waals surface area contributed by atoms with E-state index in [4.69, 9.17) is 0 Å². The monoisotopic (exact) mass is 628 g/mol. The zero-order valence-corrected chi connectivity index (χ0v) is 25.7. The van der Waals surface area contributed by atoms with Crippen LogP contribution in [0.4, 0.5) is 0 Å². The minimum Gasteiger partial charge on any atom is -0.393 e. The minimum atomic E-state index is -2.10. The molecule has 0 aromatic heterocycles. The van der Waals surface area contributed by atoms with Crippen molar-refractivity contribution in [2.75, 3.05) is 0 Å². The van der Waals surface area contributed by atoms with Crippen LogP contribution in [0.5, 0.6) is 0 Å². The average Bonchev–Trinajstić information content (AvgIpc) is 2.92. The molecular weight excluding hydrogens is 568 g/mol. The van der Waals surface area contributed by atoms with Gasteiger partial charge in [-0.15, -0.1) is 0 Å². The Morgan fingerprint density at radius 2 is 1.16 bits per heavy atom. The van der Waals surface area contributed by atoms with E-state index in [2.05, 4.69) is 6.92 Å². The number of aliphatic hydroxyl groups is 13. The van der Waals surface area contributed by atoms with Gasteiger partial charge in [-0.05, 0) is 44.9 Å². The van der Waals surface area contributed by atoms with Crippen molar-refractivity contribution in [3.05, 3.63) is 0 Å². The summed E-state index contributed by atoms with van der Waals surface area (Å²) in [6.45, 7) is 3.59. The van der Waals surface area contributed by atoms with Crippen LogP contribution in [0, 0.1) is 5.92 Å². The van der Waals surface area contributed by atoms with Gasteiger partial charge < -0.3 is 66.4 Å². The molecule has 43 heavy (non-hydrogen) atoms. The van der Waals surface area contributed by atoms with Crippen LogP contribution in [0.25, 0.3) is 0 Å². The molecule has 13 N–H and O–H groups in total. The molecule has 258 valence electrons. The van der Waals surface area contributed by atoms with Gasteiger partial charge in [0, 0.05) is 12.8 Å². The average molecular weight is 629 g/mol. The van der Waals surface area contributed by atoms with E-state index in [1.165, 1.54) is 13.3 Å². The number of rotatable bonds is 22. The van der Waals surface area contributed by atoms with Gasteiger partial charge in [-0.25, -0.2) is 0 Å². The van der Waals surface area contributed by atoms with E-state index in [9.17, 15) is 66.4 Å². The molecule has 0 radical (unpaired) electrons. The molecule has 1 aliphatic carbocycles. The summed E-state index contributed by atoms with van der Waals surface area (Å²) in [4.78, 5) is 0. The molecule has 1 saturated carbocycles. The molecule has 0 aromatic carbocycles. The lowest BCUT2D eigenvalue weighted by atomic mass is 9.68. The first kappa shape index (κ1) is 40.5. The fourth-order valence-corrected chi connectivity index (χ4v) is 6.18. The van der Waals surface area contributed by atoms with E-state index in [-0.39, 0.29) is 25.7 Å². The van der Waals surface area contributed by atoms with Crippen LogP contribution in [0.2, 0.25) is 0 Å². The minimum absolute atomic E-state index is 0.0186. The summed E-state index contributed by atoms with van der Waals surface area (Å²) in [5.41, 5.74) is -2.00. The Kier molecular flexibility index (Phi) is 18.7. The fourth-order valence-electron chi connectivity index (χ4n) is 6.18. The highest BCUT2D eigenvalue weighted by Crippen LogP contribution is 2.39. The van der Waals surface area contributed by atoms with Crippen LogP contribution in [-0.4, -0.2) is 145 Å². The van der Waals surface area contributed by atoms with E-state index >= 15 is 0 Å². The highest BCUT2D eigenvalue weighted by molar-refractivity contribution is 5.04. The van der Waals surface area contributed by atoms with Crippen molar-refractivity contribution in [3.8, 4) is 0 Å². The summed E-state index contributed by atoms with van der Waals surface area (Å²) in [6.07, 6.45) is -13.4. The Hall–Kier alpha value is -0.520. The first-order valence-corrected chi connectivity index (χ1v) is 15.9. The second-order valence-electron chi connectivity index (χ2n) is 13.0. The van der Waals surface area contributed by atoms with Gasteiger partial charge in [0.25, 0.3) is 0 Å². The maximum absolute atomic E-state index is 11.2. The van der Waals surface area contributed by atoms with Gasteiger partial charge in [-0.3, -0.25) is 0 Å². The van der Waals surface area contributed by atoms with Gasteiger partial charge >= 0.3 is 0 Å². The molecule has 14 atom stereocenters. The van der Waals surface area contributed by atoms with Gasteiger partial charge in [0.15, 0.2) is 0 Å². The third-order valence-electron chi connectivity index (χ3n) is 8.76. The lowest BCUT2D eigenvalue weighted by Crippen LogP contribution is -2.62. The van der Waals surface area contributed by atoms with Crippen molar-refractivity contribution in [3.63, 3.8) is 0 Å². The Morgan fingerprint density at radius 1 is 0.628 bits per heavy atom. The Bertz CT molecular complexity index is 730. The Morgan fingerprint density at radius 3 is 1.74 bits per heavy atom. The molecular formula is C30H60O13. The molecule has 0 saturated heterocycles. The van der Waals surface area contributed by atoms with Crippen molar-refractivity contribution < 1.29 is 66.4 Å². The van der Waals surface area contributed by atoms with Gasteiger partial charge in [-0.1, -0.05) is 51.9 Å². The molecule has 0 spiro atoms. The molecule has 1 fully saturated rings. The summed E-state index contributed by atoms with van der Waals surface area (Å²) in [7, 11) is 0. The van der Waals surface area contributed by atoms with Gasteiger partial charge in [0.2, 0.25) is 0 Å². The van der Waals surface area contributed by atoms with E-state index in [1.54, 1.807) is 0 Å². The summed E-state index contributed by atoms with van der Waals surface area (Å²) >= 11 is 0. The topological polar surface area (TPSA) is 263 Å². The van der Waals surface area contributed by atoms with Crippen molar-refractivity contribution in [1.82, 2.24) is 0 Å². The summed E-state index contributed by atoms with van der Waals surface area (Å²) < 4.78 is 0. The predicted molar refractivity (Wildman–Crippen MR) is 157 cm³/mol. The summed E-state index contributed by atoms with van der Waals surface area (Å²) in [5, 5.41) is 134. The molecule has 14 unspecified atom stereocenters. The van der Waals surface area contributed by atoms with Crippen LogP contribution in [-0.2, 0) is 0 Å². The number of hydrogen-bond donors (Lipinski definition) is 13. The molecule has 13 nitrogen and oxygen atoms in total. The molecule has 0 amide bonds. The van der Waals surface area contributed by atoms with E-state index in [0.29, 0.717) is 12.8 Å². The SMILES string of the molecule is CCCCCCCCCC(O)CC1(O)CC(CC(O)C(O)C(O)C(O)C(O)CC(O)CC(O)CC(C)O)C(O)C(O)C1O. The maximum Gasteiger partial charge on any atom is 0.111 e. The van der Waals surface area contributed by atoms with Crippen LogP contribution in [0.15, 0.2) is 0 Å². The van der Waals surface area contributed by atoms with Crippen molar-refractivity contribution in [1.29, 1.82) is 0 Å². The lowest BCUT2D eigenvalue weighted by molar-refractivity contribution is -0.219. The molecule has 13 heteroatoms. The summed E-state index contributed by atoms with van der Waals surface area (Å²) in [5.74, 6) is -1.08. The molecule has 0 aliphatic heterocycles. The van der Waals surface area contributed by atoms with Gasteiger partial charge in [0.1, 0.15) is 30.5 Å². The van der Waals surface area contributed by atoms with Crippen molar-refractivity contribution in [2.45, 2.75) is 183 Å². The standard InChI is InChI=1S/C30H60O13/c1-3-4-5-6-7-8-9-10-19(32)16-30(43)15-18(24(37)28(41)29(30)42)12-22(35)25(38)27(40)26(39)23(36)14-21(34)13-20(33)11-17(2)31/h17-29,31-43H,3-16H2,1-2H3. The number of hydrogen-bond acceptors (Lipinski definition) is 13. The maximum atomic E-state index is 11.2. The van der Waals surface area contributed by atoms with Crippen LogP contribution in [0.3, 0.4) is 0 Å². The second kappa shape index (κ2) is 19.9. The lowest BCUT2D eigenvalue weighted by Gasteiger charge is -2.47. The highest BCUT2D eigenvalue weighted by atomic mass is 16.4. The zero-order chi connectivity index (χ0) is 32.9. The Labute approximate surface area is 255 Å². The van der Waals surface area contributed by atoms with E-state index < -0.39 is 97.6 Å². The molecule has 1 rings (SSSR count). The third-order valence-corrected chi connectivity index (χ3v) is 8.76. The highest BCUT2D eigenvalue weighted by Gasteiger charge is 2.52. The normalized spacial score (nSPS) is 31.0. The molecule has 0 bridgehead atoms. The molecule has 0 aromatic rings. The predicted octanol–water partition coefficient (Wildman–Crippen LogP) is -1.82. The number of aliphatic hydroxyl groups excluding tert-OH is 12. The van der Waals surface area contributed by atoms with Crippen LogP contribution >= 0.6 is 0 Å². The van der Waals surface area contributed by atoms with Gasteiger partial charge in [-0.2, -0.15) is 0 Å². The first-order chi connectivity index (χ1) is 20.0. The smallest absolute Gasteiger partial charge is 0.111 e. The van der Waals surface area contributed by atoms with Crippen LogP contribution < -0.4 is 0 Å². The largest absolute Gasteiger partial charge is 0.393 e. The Balaban J connectivity index is 2.70. The quantitative estimate of drug-likeness (QED) is 0.0590. The molecule has 0 heterocycles. The van der Waals surface area contributed by atoms with Crippen LogP contribution in [0.1, 0.15) is 104 Å². The fraction of sp³-hybridized carbons (Fsp3) is 1.00. The van der Waals surface area contributed by atoms with Gasteiger partial charge in [0.05, 0.1) is 48.3 Å². The third kappa shape index (κ3) is 13.8. The van der Waals surface area contributed by atoms with E-state index in [1.807, 2.05) is 0 Å². The van der Waals surface area contributed by atoms with Crippen molar-refractivity contribution in [2.24, 2.45) is 5.92 Å².